The van der Waals surface area contributed by atoms with Gasteiger partial charge in [0.05, 0.1) is 20.2 Å². The predicted molar refractivity (Wildman–Crippen MR) is 123 cm³/mol. The van der Waals surface area contributed by atoms with E-state index in [2.05, 4.69) is 71.2 Å². The molecule has 1 aliphatic heterocycles. The van der Waals surface area contributed by atoms with Crippen molar-refractivity contribution in [2.75, 3.05) is 39.3 Å². The molecule has 4 rings (SSSR count). The molecule has 154 valence electrons. The van der Waals surface area contributed by atoms with E-state index in [-0.39, 0.29) is 17.7 Å². The fourth-order valence-corrected chi connectivity index (χ4v) is 7.39. The lowest BCUT2D eigenvalue weighted by molar-refractivity contribution is -0.123. The molecule has 1 aromatic carbocycles. The van der Waals surface area contributed by atoms with Crippen LogP contribution < -0.4 is 5.32 Å². The fourth-order valence-electron chi connectivity index (χ4n) is 4.02. The number of hydrogen-bond acceptors (Lipinski definition) is 5. The van der Waals surface area contributed by atoms with Gasteiger partial charge in [-0.25, -0.2) is 0 Å². The molecule has 1 amide bonds. The highest BCUT2D eigenvalue weighted by Gasteiger charge is 2.36. The Hall–Kier alpha value is -1.06. The highest BCUT2D eigenvalue weighted by Crippen LogP contribution is 2.46. The zero-order valence-electron chi connectivity index (χ0n) is 16.0. The number of Topliss-reactive ketones (excluding diaryl/α,β-unsaturated/α-hetero) is 1. The first-order valence-corrected chi connectivity index (χ1v) is 12.2. The van der Waals surface area contributed by atoms with Gasteiger partial charge in [-0.3, -0.25) is 14.5 Å². The number of rotatable bonds is 6. The van der Waals surface area contributed by atoms with Crippen LogP contribution in [0.3, 0.4) is 0 Å². The van der Waals surface area contributed by atoms with Crippen LogP contribution in [0.1, 0.15) is 33.9 Å². The average Bonchev–Trinajstić information content (AvgIpc) is 3.19. The van der Waals surface area contributed by atoms with Crippen LogP contribution >= 0.6 is 43.2 Å². The number of thiophene rings is 1. The molecule has 1 aliphatic carbocycles. The second-order valence-electron chi connectivity index (χ2n) is 7.54. The monoisotopic (exact) mass is 539 g/mol. The maximum Gasteiger partial charge on any atom is 0.234 e. The molecule has 1 fully saturated rings. The van der Waals surface area contributed by atoms with Crippen molar-refractivity contribution in [1.29, 1.82) is 0 Å². The maximum absolute atomic E-state index is 12.6. The minimum Gasteiger partial charge on any atom is -0.348 e. The van der Waals surface area contributed by atoms with E-state index in [0.717, 1.165) is 57.8 Å². The molecule has 8 heteroatoms. The molecular formula is C21H23Br2N3O2S. The first-order valence-electron chi connectivity index (χ1n) is 9.80. The molecule has 0 spiro atoms. The predicted octanol–water partition coefficient (Wildman–Crippen LogP) is 3.88. The third-order valence-electron chi connectivity index (χ3n) is 5.60. The topological polar surface area (TPSA) is 52.7 Å². The Balaban J connectivity index is 1.23. The van der Waals surface area contributed by atoms with Gasteiger partial charge in [0, 0.05) is 50.3 Å². The van der Waals surface area contributed by atoms with E-state index in [9.17, 15) is 9.59 Å². The summed E-state index contributed by atoms with van der Waals surface area (Å²) in [5.74, 6) is 0.0776. The van der Waals surface area contributed by atoms with Crippen molar-refractivity contribution >= 4 is 54.9 Å². The summed E-state index contributed by atoms with van der Waals surface area (Å²) in [7, 11) is 0. The lowest BCUT2D eigenvalue weighted by atomic mass is 10.1. The maximum atomic E-state index is 12.6. The summed E-state index contributed by atoms with van der Waals surface area (Å²) >= 11 is 8.48. The molecule has 5 nitrogen and oxygen atoms in total. The van der Waals surface area contributed by atoms with Crippen LogP contribution in [-0.2, 0) is 11.2 Å². The van der Waals surface area contributed by atoms with E-state index < -0.39 is 0 Å². The molecule has 0 radical (unpaired) electrons. The minimum atomic E-state index is -0.228. The highest BCUT2D eigenvalue weighted by molar-refractivity contribution is 9.12. The van der Waals surface area contributed by atoms with Crippen molar-refractivity contribution in [2.24, 2.45) is 0 Å². The summed E-state index contributed by atoms with van der Waals surface area (Å²) in [5, 5.41) is 3.07. The highest BCUT2D eigenvalue weighted by atomic mass is 79.9. The first kappa shape index (κ1) is 21.2. The van der Waals surface area contributed by atoms with Crippen LogP contribution in [0.5, 0.6) is 0 Å². The summed E-state index contributed by atoms with van der Waals surface area (Å²) in [6, 6.07) is 10.3. The molecule has 1 saturated heterocycles. The van der Waals surface area contributed by atoms with Gasteiger partial charge in [-0.05, 0) is 43.8 Å². The van der Waals surface area contributed by atoms with Gasteiger partial charge < -0.3 is 10.2 Å². The summed E-state index contributed by atoms with van der Waals surface area (Å²) in [6.45, 7) is 5.19. The number of amides is 1. The molecule has 1 N–H and O–H groups in total. The van der Waals surface area contributed by atoms with Crippen LogP contribution in [0.25, 0.3) is 0 Å². The number of carbonyl (C=O) groups is 2. The molecule has 2 aliphatic rings. The van der Waals surface area contributed by atoms with Crippen LogP contribution in [-0.4, -0.2) is 60.8 Å². The van der Waals surface area contributed by atoms with Crippen molar-refractivity contribution in [3.05, 3.63) is 54.6 Å². The molecule has 1 aromatic heterocycles. The Kier molecular flexibility index (Phi) is 6.86. The second kappa shape index (κ2) is 9.39. The molecule has 1 unspecified atom stereocenters. The quantitative estimate of drug-likeness (QED) is 0.604. The van der Waals surface area contributed by atoms with E-state index in [1.807, 2.05) is 6.07 Å². The van der Waals surface area contributed by atoms with Gasteiger partial charge >= 0.3 is 0 Å². The number of fused-ring (bicyclic) bond motifs is 1. The molecule has 2 aromatic rings. The summed E-state index contributed by atoms with van der Waals surface area (Å²) < 4.78 is 1.76. The normalized spacial score (nSPS) is 20.1. The first-order chi connectivity index (χ1) is 14.0. The van der Waals surface area contributed by atoms with E-state index in [1.165, 1.54) is 16.9 Å². The number of nitrogens with zero attached hydrogens (tertiary/aromatic N) is 2. The van der Waals surface area contributed by atoms with Gasteiger partial charge in [-0.1, -0.05) is 30.3 Å². The molecule has 0 bridgehead atoms. The van der Waals surface area contributed by atoms with E-state index in [4.69, 9.17) is 0 Å². The summed E-state index contributed by atoms with van der Waals surface area (Å²) in [5.41, 5.74) is 3.01. The summed E-state index contributed by atoms with van der Waals surface area (Å²) in [4.78, 5) is 29.5. The van der Waals surface area contributed by atoms with Crippen molar-refractivity contribution in [3.8, 4) is 0 Å². The molecule has 2 heterocycles. The largest absolute Gasteiger partial charge is 0.348 e. The van der Waals surface area contributed by atoms with Gasteiger partial charge in [-0.2, -0.15) is 0 Å². The number of carbonyl (C=O) groups excluding carboxylic acids is 2. The van der Waals surface area contributed by atoms with Crippen molar-refractivity contribution in [3.63, 3.8) is 0 Å². The van der Waals surface area contributed by atoms with Gasteiger partial charge in [0.15, 0.2) is 5.78 Å². The van der Waals surface area contributed by atoms with E-state index >= 15 is 0 Å². The third kappa shape index (κ3) is 4.99. The van der Waals surface area contributed by atoms with Crippen LogP contribution in [0.4, 0.5) is 0 Å². The molecule has 1 atom stereocenters. The van der Waals surface area contributed by atoms with Gasteiger partial charge in [0.2, 0.25) is 5.91 Å². The average molecular weight is 541 g/mol. The smallest absolute Gasteiger partial charge is 0.234 e. The number of halogens is 2. The zero-order valence-corrected chi connectivity index (χ0v) is 20.0. The van der Waals surface area contributed by atoms with E-state index in [1.54, 1.807) is 0 Å². The third-order valence-corrected chi connectivity index (χ3v) is 8.18. The Morgan fingerprint density at radius 2 is 1.76 bits per heavy atom. The van der Waals surface area contributed by atoms with Crippen LogP contribution in [0.2, 0.25) is 0 Å². The van der Waals surface area contributed by atoms with E-state index in [0.29, 0.717) is 13.0 Å². The number of nitrogens with one attached hydrogen (secondary N) is 1. The molecular weight excluding hydrogens is 518 g/mol. The molecule has 0 saturated carbocycles. The van der Waals surface area contributed by atoms with Crippen molar-refractivity contribution in [1.82, 2.24) is 15.1 Å². The van der Waals surface area contributed by atoms with Crippen molar-refractivity contribution in [2.45, 2.75) is 18.9 Å². The fraction of sp³-hybridized carbons (Fsp3) is 0.429. The number of hydrogen-bond donors (Lipinski definition) is 1. The minimum absolute atomic E-state index is 0.0115. The lowest BCUT2D eigenvalue weighted by Gasteiger charge is -2.34. The Morgan fingerprint density at radius 1 is 1.07 bits per heavy atom. The Bertz CT molecular complexity index is 895. The van der Waals surface area contributed by atoms with Crippen LogP contribution in [0.15, 0.2) is 37.9 Å². The number of benzene rings is 1. The Labute approximate surface area is 191 Å². The lowest BCUT2D eigenvalue weighted by Crippen LogP contribution is -2.50. The summed E-state index contributed by atoms with van der Waals surface area (Å²) in [6.07, 6.45) is 1.40. The van der Waals surface area contributed by atoms with Gasteiger partial charge in [0.25, 0.3) is 0 Å². The number of ketones is 1. The number of piperazine rings is 1. The SMILES string of the molecule is O=C(CN1CCN(CCc2ccccc2)CC1)NC1CC(=O)c2c(Br)sc(Br)c21. The Morgan fingerprint density at radius 3 is 2.48 bits per heavy atom. The van der Waals surface area contributed by atoms with Gasteiger partial charge in [-0.15, -0.1) is 11.3 Å². The molecule has 29 heavy (non-hydrogen) atoms. The van der Waals surface area contributed by atoms with Gasteiger partial charge in [0.1, 0.15) is 0 Å². The van der Waals surface area contributed by atoms with Crippen molar-refractivity contribution < 1.29 is 9.59 Å². The second-order valence-corrected chi connectivity index (χ2v) is 11.2. The standard InChI is InChI=1S/C21H23Br2N3O2S/c22-20-18-15(12-16(27)19(18)21(23)29-20)24-17(28)13-26-10-8-25(9-11-26)7-6-14-4-2-1-3-5-14/h1-5,15H,6-13H2,(H,24,28). The zero-order chi connectivity index (χ0) is 20.4. The van der Waals surface area contributed by atoms with Crippen LogP contribution in [0, 0.1) is 0 Å².